The summed E-state index contributed by atoms with van der Waals surface area (Å²) in [4.78, 5) is 74.1. The van der Waals surface area contributed by atoms with E-state index in [-0.39, 0.29) is 26.1 Å². The number of esters is 2. The molecule has 4 aromatic rings. The summed E-state index contributed by atoms with van der Waals surface area (Å²) >= 11 is 0. The van der Waals surface area contributed by atoms with Gasteiger partial charge in [0, 0.05) is 12.1 Å². The smallest absolute Gasteiger partial charge is 0.407 e. The molecule has 2 heterocycles. The average Bonchev–Trinajstić information content (AvgIpc) is 3.76. The van der Waals surface area contributed by atoms with Crippen molar-refractivity contribution in [3.63, 3.8) is 0 Å². The first-order valence-electron chi connectivity index (χ1n) is 16.2. The highest BCUT2D eigenvalue weighted by Gasteiger charge is 2.61. The van der Waals surface area contributed by atoms with E-state index in [0.29, 0.717) is 33.2 Å². The number of para-hydroxylation sites is 1. The molecule has 2 atom stereocenters. The molecule has 0 aliphatic carbocycles. The quantitative estimate of drug-likeness (QED) is 0.166. The molecule has 0 spiro atoms. The third kappa shape index (κ3) is 7.68. The second-order valence-corrected chi connectivity index (χ2v) is 11.7. The number of anilines is 1. The van der Waals surface area contributed by atoms with Gasteiger partial charge in [-0.15, -0.1) is 0 Å². The van der Waals surface area contributed by atoms with Gasteiger partial charge in [0.2, 0.25) is 5.91 Å². The fourth-order valence-corrected chi connectivity index (χ4v) is 5.84. The summed E-state index contributed by atoms with van der Waals surface area (Å²) in [7, 11) is 1.54. The van der Waals surface area contributed by atoms with Crippen LogP contribution < -0.4 is 15.0 Å². The Morgan fingerprint density at radius 1 is 0.882 bits per heavy atom. The van der Waals surface area contributed by atoms with Crippen molar-refractivity contribution in [2.45, 2.75) is 37.3 Å². The molecule has 13 heteroatoms. The van der Waals surface area contributed by atoms with Crippen molar-refractivity contribution in [1.29, 1.82) is 0 Å². The van der Waals surface area contributed by atoms with Gasteiger partial charge >= 0.3 is 23.8 Å². The van der Waals surface area contributed by atoms with Crippen LogP contribution in [0.5, 0.6) is 5.75 Å². The molecule has 0 bridgehead atoms. The van der Waals surface area contributed by atoms with Crippen molar-refractivity contribution in [3.8, 4) is 5.75 Å². The Balaban J connectivity index is 1.20. The number of benzene rings is 4. The molecule has 6 rings (SSSR count). The molecule has 2 saturated heterocycles. The van der Waals surface area contributed by atoms with E-state index in [1.807, 2.05) is 12.1 Å². The van der Waals surface area contributed by atoms with Gasteiger partial charge < -0.3 is 24.3 Å². The van der Waals surface area contributed by atoms with E-state index in [1.165, 1.54) is 4.90 Å². The maximum absolute atomic E-state index is 14.2. The molecular formula is C38H35N3O10. The summed E-state index contributed by atoms with van der Waals surface area (Å²) in [5, 5.41) is 3.13. The topological polar surface area (TPSA) is 150 Å². The summed E-state index contributed by atoms with van der Waals surface area (Å²) in [5.74, 6) is -2.58. The van der Waals surface area contributed by atoms with Crippen LogP contribution >= 0.6 is 0 Å². The zero-order valence-corrected chi connectivity index (χ0v) is 27.6. The van der Waals surface area contributed by atoms with Gasteiger partial charge in [0.05, 0.1) is 13.5 Å². The molecule has 1 unspecified atom stereocenters. The average molecular weight is 694 g/mol. The third-order valence-corrected chi connectivity index (χ3v) is 8.40. The Morgan fingerprint density at radius 2 is 1.49 bits per heavy atom. The van der Waals surface area contributed by atoms with Crippen LogP contribution in [0.25, 0.3) is 0 Å². The molecule has 262 valence electrons. The fourth-order valence-electron chi connectivity index (χ4n) is 5.84. The van der Waals surface area contributed by atoms with Crippen LogP contribution in [0.2, 0.25) is 0 Å². The third-order valence-electron chi connectivity index (χ3n) is 8.40. The number of nitrogens with one attached hydrogen (secondary N) is 1. The number of hydrogen-bond donors (Lipinski definition) is 1. The van der Waals surface area contributed by atoms with Gasteiger partial charge in [-0.2, -0.15) is 5.06 Å². The lowest BCUT2D eigenvalue weighted by atomic mass is 10.0. The van der Waals surface area contributed by atoms with Crippen molar-refractivity contribution in [1.82, 2.24) is 10.4 Å². The number of cyclic esters (lactones) is 1. The van der Waals surface area contributed by atoms with E-state index in [0.717, 1.165) is 0 Å². The Labute approximate surface area is 293 Å². The number of carbonyl (C=O) groups is 5. The highest BCUT2D eigenvalue weighted by molar-refractivity contribution is 6.04. The maximum Gasteiger partial charge on any atom is 0.407 e. The monoisotopic (exact) mass is 693 g/mol. The first kappa shape index (κ1) is 34.6. The van der Waals surface area contributed by atoms with Crippen molar-refractivity contribution in [2.75, 3.05) is 25.2 Å². The Morgan fingerprint density at radius 3 is 2.06 bits per heavy atom. The van der Waals surface area contributed by atoms with E-state index in [1.54, 1.807) is 110 Å². The molecule has 2 aliphatic rings. The molecule has 0 radical (unpaired) electrons. The molecule has 2 aliphatic heterocycles. The van der Waals surface area contributed by atoms with Crippen molar-refractivity contribution < 1.29 is 47.8 Å². The van der Waals surface area contributed by atoms with Crippen molar-refractivity contribution in [3.05, 3.63) is 132 Å². The molecule has 3 amide bonds. The minimum Gasteiger partial charge on any atom is -0.497 e. The first-order valence-corrected chi connectivity index (χ1v) is 16.2. The minimum atomic E-state index is -2.25. The summed E-state index contributed by atoms with van der Waals surface area (Å²) in [5.41, 5.74) is 0.0846. The highest BCUT2D eigenvalue weighted by atomic mass is 16.8. The van der Waals surface area contributed by atoms with Crippen LogP contribution in [0, 0.1) is 0 Å². The van der Waals surface area contributed by atoms with Crippen molar-refractivity contribution in [2.24, 2.45) is 0 Å². The van der Waals surface area contributed by atoms with E-state index >= 15 is 0 Å². The predicted molar refractivity (Wildman–Crippen MR) is 181 cm³/mol. The zero-order chi connectivity index (χ0) is 35.8. The number of ether oxygens (including phenoxy) is 4. The Bertz CT molecular complexity index is 1820. The highest BCUT2D eigenvalue weighted by Crippen LogP contribution is 2.39. The van der Waals surface area contributed by atoms with E-state index in [2.05, 4.69) is 5.32 Å². The summed E-state index contributed by atoms with van der Waals surface area (Å²) < 4.78 is 22.0. The Hall–Kier alpha value is -6.21. The molecule has 0 aromatic heterocycles. The lowest BCUT2D eigenvalue weighted by molar-refractivity contribution is -0.260. The molecule has 2 fully saturated rings. The summed E-state index contributed by atoms with van der Waals surface area (Å²) in [6, 6.07) is 31.9. The minimum absolute atomic E-state index is 0.0529. The number of hydroxylamine groups is 2. The second-order valence-electron chi connectivity index (χ2n) is 11.7. The number of nitrogens with zero attached hydrogens (tertiary/aromatic N) is 2. The number of hydrogen-bond acceptors (Lipinski definition) is 10. The van der Waals surface area contributed by atoms with E-state index in [4.69, 9.17) is 23.8 Å². The van der Waals surface area contributed by atoms with Crippen LogP contribution in [-0.4, -0.2) is 66.9 Å². The molecule has 51 heavy (non-hydrogen) atoms. The number of amides is 3. The second kappa shape index (κ2) is 15.6. The first-order chi connectivity index (χ1) is 24.8. The van der Waals surface area contributed by atoms with Crippen LogP contribution in [0.1, 0.15) is 35.6 Å². The van der Waals surface area contributed by atoms with Crippen LogP contribution in [-0.2, 0) is 44.8 Å². The number of methoxy groups -OCH3 is 1. The van der Waals surface area contributed by atoms with Gasteiger partial charge in [-0.1, -0.05) is 91.0 Å². The number of alkyl carbamates (subject to hydrolysis) is 1. The molecular weight excluding hydrogens is 658 g/mol. The number of carbonyl (C=O) groups excluding carboxylic acids is 5. The standard InChI is InChI=1S/C38H35N3O10/c1-47-30-19-17-26(18-20-30)24-48-37(46)39-23-32(42)40(29-15-9-4-10-16-29)31-25-49-41(35(31)44)38(22-21-33(43)51-38)36(45)50-34(27-11-5-2-6-12-27)28-13-7-3-8-14-28/h2-20,31,34H,21-25H2,1H3,(H,39,46)/t31-,38?/m0/s1. The molecule has 13 nitrogen and oxygen atoms in total. The van der Waals surface area contributed by atoms with Gasteiger partial charge in [0.25, 0.3) is 5.91 Å². The largest absolute Gasteiger partial charge is 0.497 e. The normalized spacial score (nSPS) is 18.2. The van der Waals surface area contributed by atoms with E-state index in [9.17, 15) is 24.0 Å². The van der Waals surface area contributed by atoms with Gasteiger partial charge in [-0.25, -0.2) is 9.59 Å². The van der Waals surface area contributed by atoms with Crippen LogP contribution in [0.3, 0.4) is 0 Å². The van der Waals surface area contributed by atoms with Crippen molar-refractivity contribution >= 4 is 35.5 Å². The molecule has 1 N–H and O–H groups in total. The predicted octanol–water partition coefficient (Wildman–Crippen LogP) is 4.46. The van der Waals surface area contributed by atoms with Gasteiger partial charge in [0.15, 0.2) is 6.10 Å². The van der Waals surface area contributed by atoms with Gasteiger partial charge in [-0.3, -0.25) is 24.1 Å². The van der Waals surface area contributed by atoms with Gasteiger partial charge in [0.1, 0.15) is 31.5 Å². The number of rotatable bonds is 12. The van der Waals surface area contributed by atoms with E-state index < -0.39 is 54.3 Å². The fraction of sp³-hybridized carbons (Fsp3) is 0.237. The van der Waals surface area contributed by atoms with Crippen LogP contribution in [0.15, 0.2) is 115 Å². The molecule has 0 saturated carbocycles. The molecule has 4 aromatic carbocycles. The lowest BCUT2D eigenvalue weighted by Crippen LogP contribution is -2.58. The van der Waals surface area contributed by atoms with Gasteiger partial charge in [-0.05, 0) is 41.0 Å². The lowest BCUT2D eigenvalue weighted by Gasteiger charge is -2.34. The summed E-state index contributed by atoms with van der Waals surface area (Å²) in [6.45, 7) is -0.963. The summed E-state index contributed by atoms with van der Waals surface area (Å²) in [6.07, 6.45) is -2.17. The Kier molecular flexibility index (Phi) is 10.6. The maximum atomic E-state index is 14.2. The SMILES string of the molecule is COc1ccc(COC(=O)NCC(=O)N(c2ccccc2)[C@H]2CON(C3(C(=O)OC(c4ccccc4)c4ccccc4)CCC(=O)O3)C2=O)cc1. The van der Waals surface area contributed by atoms with Crippen LogP contribution in [0.4, 0.5) is 10.5 Å². The zero-order valence-electron chi connectivity index (χ0n) is 27.6.